The van der Waals surface area contributed by atoms with Crippen LogP contribution >= 0.6 is 0 Å². The highest BCUT2D eigenvalue weighted by Crippen LogP contribution is 2.24. The Kier molecular flexibility index (Phi) is 6.74. The Morgan fingerprint density at radius 2 is 1.89 bits per heavy atom. The molecule has 7 heteroatoms. The van der Waals surface area contributed by atoms with E-state index < -0.39 is 5.97 Å². The van der Waals surface area contributed by atoms with Gasteiger partial charge in [0.1, 0.15) is 11.8 Å². The van der Waals surface area contributed by atoms with E-state index in [9.17, 15) is 14.9 Å². The third kappa shape index (κ3) is 4.36. The van der Waals surface area contributed by atoms with Crippen LogP contribution in [0.5, 0.6) is 0 Å². The van der Waals surface area contributed by atoms with Crippen molar-refractivity contribution in [3.05, 3.63) is 57.9 Å². The fourth-order valence-electron chi connectivity index (χ4n) is 2.78. The predicted octanol–water partition coefficient (Wildman–Crippen LogP) is 2.85. The summed E-state index contributed by atoms with van der Waals surface area (Å²) < 4.78 is 5.11. The number of carbonyl (C=O) groups is 2. The maximum Gasteiger partial charge on any atom is 0.355 e. The molecule has 0 aliphatic rings. The summed E-state index contributed by atoms with van der Waals surface area (Å²) in [7, 11) is 2.96. The average Bonchev–Trinajstić information content (AvgIpc) is 3.05. The molecule has 0 bridgehead atoms. The van der Waals surface area contributed by atoms with Crippen LogP contribution in [0, 0.1) is 11.3 Å². The van der Waals surface area contributed by atoms with Crippen molar-refractivity contribution >= 4 is 11.9 Å². The molecule has 0 unspecified atom stereocenters. The Balaban J connectivity index is 2.36. The average molecular weight is 369 g/mol. The number of nitrogens with one attached hydrogen (secondary N) is 1. The zero-order valence-electron chi connectivity index (χ0n) is 16.0. The van der Waals surface area contributed by atoms with Crippen molar-refractivity contribution < 1.29 is 19.2 Å². The van der Waals surface area contributed by atoms with Gasteiger partial charge in [-0.05, 0) is 31.0 Å². The monoisotopic (exact) mass is 369 g/mol. The van der Waals surface area contributed by atoms with Crippen molar-refractivity contribution in [3.8, 4) is 6.07 Å². The molecule has 2 aromatic rings. The van der Waals surface area contributed by atoms with Gasteiger partial charge in [-0.25, -0.2) is 9.86 Å². The SMILES string of the molecule is CCOC(=O)c1[nH]c(CC)c(C#N)c1Cc1ccc(C(=O)N(C)OC)cc1. The number of H-pyrrole nitrogens is 1. The summed E-state index contributed by atoms with van der Waals surface area (Å²) in [5.41, 5.74) is 3.46. The summed E-state index contributed by atoms with van der Waals surface area (Å²) in [5.74, 6) is -0.735. The van der Waals surface area contributed by atoms with Crippen LogP contribution in [-0.2, 0) is 22.4 Å². The second-order valence-electron chi connectivity index (χ2n) is 5.88. The molecule has 1 aromatic heterocycles. The third-order valence-electron chi connectivity index (χ3n) is 4.27. The number of hydrogen-bond acceptors (Lipinski definition) is 5. The summed E-state index contributed by atoms with van der Waals surface area (Å²) in [6, 6.07) is 9.16. The molecule has 7 nitrogen and oxygen atoms in total. The van der Waals surface area contributed by atoms with E-state index in [0.717, 1.165) is 10.6 Å². The molecule has 0 aliphatic heterocycles. The highest BCUT2D eigenvalue weighted by atomic mass is 16.7. The molecule has 27 heavy (non-hydrogen) atoms. The molecule has 0 fully saturated rings. The van der Waals surface area contributed by atoms with Crippen molar-refractivity contribution in [2.75, 3.05) is 20.8 Å². The van der Waals surface area contributed by atoms with Crippen LogP contribution in [-0.4, -0.2) is 42.7 Å². The number of nitriles is 1. The maximum absolute atomic E-state index is 12.3. The molecule has 1 heterocycles. The highest BCUT2D eigenvalue weighted by Gasteiger charge is 2.22. The number of aryl methyl sites for hydroxylation is 1. The number of rotatable bonds is 7. The molecule has 0 radical (unpaired) electrons. The molecule has 0 aliphatic carbocycles. The minimum atomic E-state index is -0.475. The number of amides is 1. The van der Waals surface area contributed by atoms with Crippen molar-refractivity contribution in [1.29, 1.82) is 5.26 Å². The van der Waals surface area contributed by atoms with Crippen molar-refractivity contribution in [3.63, 3.8) is 0 Å². The van der Waals surface area contributed by atoms with Gasteiger partial charge in [-0.15, -0.1) is 0 Å². The van der Waals surface area contributed by atoms with Gasteiger partial charge in [0.15, 0.2) is 0 Å². The topological polar surface area (TPSA) is 95.4 Å². The molecular formula is C20H23N3O4. The Hall–Kier alpha value is -3.11. The first kappa shape index (κ1) is 20.2. The Labute approximate surface area is 158 Å². The van der Waals surface area contributed by atoms with Gasteiger partial charge in [-0.2, -0.15) is 5.26 Å². The first-order valence-corrected chi connectivity index (χ1v) is 8.68. The highest BCUT2D eigenvalue weighted by molar-refractivity contribution is 5.93. The summed E-state index contributed by atoms with van der Waals surface area (Å²) in [4.78, 5) is 32.3. The van der Waals surface area contributed by atoms with Gasteiger partial charge < -0.3 is 9.72 Å². The van der Waals surface area contributed by atoms with E-state index in [1.54, 1.807) is 31.2 Å². The minimum Gasteiger partial charge on any atom is -0.461 e. The van der Waals surface area contributed by atoms with E-state index in [1.165, 1.54) is 14.2 Å². The zero-order valence-corrected chi connectivity index (χ0v) is 16.0. The zero-order chi connectivity index (χ0) is 20.0. The van der Waals surface area contributed by atoms with Crippen molar-refractivity contribution in [1.82, 2.24) is 10.0 Å². The van der Waals surface area contributed by atoms with Crippen LogP contribution in [0.2, 0.25) is 0 Å². The second kappa shape index (κ2) is 9.01. The number of aromatic amines is 1. The van der Waals surface area contributed by atoms with Gasteiger partial charge >= 0.3 is 5.97 Å². The number of ether oxygens (including phenoxy) is 1. The minimum absolute atomic E-state index is 0.254. The lowest BCUT2D eigenvalue weighted by Crippen LogP contribution is -2.25. The molecule has 2 rings (SSSR count). The molecule has 142 valence electrons. The largest absolute Gasteiger partial charge is 0.461 e. The summed E-state index contributed by atoms with van der Waals surface area (Å²) in [6.45, 7) is 3.90. The Morgan fingerprint density at radius 1 is 1.22 bits per heavy atom. The van der Waals surface area contributed by atoms with E-state index in [0.29, 0.717) is 40.9 Å². The third-order valence-corrected chi connectivity index (χ3v) is 4.27. The van der Waals surface area contributed by atoms with Gasteiger partial charge in [0.05, 0.1) is 19.3 Å². The van der Waals surface area contributed by atoms with E-state index in [4.69, 9.17) is 9.57 Å². The van der Waals surface area contributed by atoms with Gasteiger partial charge in [0.25, 0.3) is 5.91 Å². The predicted molar refractivity (Wildman–Crippen MR) is 99.2 cm³/mol. The normalized spacial score (nSPS) is 10.3. The van der Waals surface area contributed by atoms with Crippen molar-refractivity contribution in [2.45, 2.75) is 26.7 Å². The standard InChI is InChI=1S/C20H23N3O4/c1-5-17-16(12-21)15(18(22-17)20(25)27-6-2)11-13-7-9-14(10-8-13)19(24)23(3)26-4/h7-10,22H,5-6,11H2,1-4H3. The summed E-state index contributed by atoms with van der Waals surface area (Å²) in [6.07, 6.45) is 0.980. The number of hydroxylamine groups is 2. The van der Waals surface area contributed by atoms with Crippen LogP contribution < -0.4 is 0 Å². The lowest BCUT2D eigenvalue weighted by molar-refractivity contribution is -0.0756. The first-order chi connectivity index (χ1) is 13.0. The van der Waals surface area contributed by atoms with Crippen LogP contribution in [0.25, 0.3) is 0 Å². The van der Waals surface area contributed by atoms with Crippen LogP contribution in [0.3, 0.4) is 0 Å². The molecule has 0 atom stereocenters. The first-order valence-electron chi connectivity index (χ1n) is 8.68. The van der Waals surface area contributed by atoms with Gasteiger partial charge in [0, 0.05) is 30.3 Å². The quantitative estimate of drug-likeness (QED) is 0.598. The summed E-state index contributed by atoms with van der Waals surface area (Å²) >= 11 is 0. The summed E-state index contributed by atoms with van der Waals surface area (Å²) in [5, 5.41) is 10.7. The molecule has 1 amide bonds. The van der Waals surface area contributed by atoms with Gasteiger partial charge in [-0.1, -0.05) is 19.1 Å². The smallest absolute Gasteiger partial charge is 0.355 e. The molecule has 0 spiro atoms. The molecular weight excluding hydrogens is 346 g/mol. The Morgan fingerprint density at radius 3 is 2.41 bits per heavy atom. The maximum atomic E-state index is 12.3. The van der Waals surface area contributed by atoms with E-state index in [-0.39, 0.29) is 12.5 Å². The van der Waals surface area contributed by atoms with Crippen LogP contribution in [0.15, 0.2) is 24.3 Å². The van der Waals surface area contributed by atoms with Gasteiger partial charge in [-0.3, -0.25) is 9.63 Å². The molecule has 1 aromatic carbocycles. The molecule has 0 saturated carbocycles. The van der Waals surface area contributed by atoms with Crippen LogP contribution in [0.1, 0.15) is 57.1 Å². The number of benzene rings is 1. The second-order valence-corrected chi connectivity index (χ2v) is 5.88. The van der Waals surface area contributed by atoms with Crippen LogP contribution in [0.4, 0.5) is 0 Å². The fraction of sp³-hybridized carbons (Fsp3) is 0.350. The van der Waals surface area contributed by atoms with E-state index >= 15 is 0 Å². The number of aromatic nitrogens is 1. The number of nitrogens with zero attached hydrogens (tertiary/aromatic N) is 2. The van der Waals surface area contributed by atoms with Crippen molar-refractivity contribution in [2.24, 2.45) is 0 Å². The Bertz CT molecular complexity index is 863. The van der Waals surface area contributed by atoms with E-state index in [1.807, 2.05) is 6.92 Å². The number of carbonyl (C=O) groups excluding carboxylic acids is 2. The lowest BCUT2D eigenvalue weighted by Gasteiger charge is -2.13. The fourth-order valence-corrected chi connectivity index (χ4v) is 2.78. The molecule has 0 saturated heterocycles. The lowest BCUT2D eigenvalue weighted by atomic mass is 9.99. The van der Waals surface area contributed by atoms with Gasteiger partial charge in [0.2, 0.25) is 0 Å². The number of hydrogen-bond donors (Lipinski definition) is 1. The number of esters is 1. The molecule has 1 N–H and O–H groups in total. The van der Waals surface area contributed by atoms with E-state index in [2.05, 4.69) is 11.1 Å².